The lowest BCUT2D eigenvalue weighted by molar-refractivity contribution is -0.139. The number of hydrogen-bond acceptors (Lipinski definition) is 2. The van der Waals surface area contributed by atoms with E-state index in [1.807, 2.05) is 20.8 Å². The number of benzene rings is 1. The third-order valence-electron chi connectivity index (χ3n) is 2.15. The molecule has 0 amide bonds. The quantitative estimate of drug-likeness (QED) is 0.861. The number of carbonyl (C=O) groups is 1. The van der Waals surface area contributed by atoms with E-state index in [-0.39, 0.29) is 11.2 Å². The van der Waals surface area contributed by atoms with Gasteiger partial charge < -0.3 is 9.84 Å². The summed E-state index contributed by atoms with van der Waals surface area (Å²) in [4.78, 5) is 10.3. The van der Waals surface area contributed by atoms with Crippen molar-refractivity contribution in [3.05, 3.63) is 29.6 Å². The first kappa shape index (κ1) is 12.5. The van der Waals surface area contributed by atoms with Crippen molar-refractivity contribution in [2.75, 3.05) is 6.61 Å². The highest BCUT2D eigenvalue weighted by molar-refractivity contribution is 5.68. The summed E-state index contributed by atoms with van der Waals surface area (Å²) in [6.45, 7) is 5.42. The average Bonchev–Trinajstić information content (AvgIpc) is 2.14. The first-order chi connectivity index (χ1) is 7.30. The predicted octanol–water partition coefficient (Wildman–Crippen LogP) is 2.59. The van der Waals surface area contributed by atoms with E-state index in [0.717, 1.165) is 5.56 Å². The number of rotatable bonds is 3. The van der Waals surface area contributed by atoms with Crippen LogP contribution in [-0.2, 0) is 10.2 Å². The summed E-state index contributed by atoms with van der Waals surface area (Å²) >= 11 is 0. The van der Waals surface area contributed by atoms with E-state index in [9.17, 15) is 9.18 Å². The van der Waals surface area contributed by atoms with Crippen LogP contribution in [-0.4, -0.2) is 17.7 Å². The normalized spacial score (nSPS) is 11.2. The third kappa shape index (κ3) is 3.22. The molecule has 0 saturated carbocycles. The Morgan fingerprint density at radius 1 is 1.44 bits per heavy atom. The second kappa shape index (κ2) is 4.51. The Balaban J connectivity index is 2.95. The van der Waals surface area contributed by atoms with Gasteiger partial charge in [-0.2, -0.15) is 0 Å². The van der Waals surface area contributed by atoms with Gasteiger partial charge in [-0.1, -0.05) is 26.8 Å². The minimum atomic E-state index is -1.12. The van der Waals surface area contributed by atoms with Gasteiger partial charge in [0.2, 0.25) is 0 Å². The van der Waals surface area contributed by atoms with Gasteiger partial charge in [0.25, 0.3) is 0 Å². The average molecular weight is 226 g/mol. The SMILES string of the molecule is CC(C)(C)c1ccc(F)c(OCC(=O)O)c1. The van der Waals surface area contributed by atoms with Crippen LogP contribution in [0.3, 0.4) is 0 Å². The molecule has 88 valence electrons. The van der Waals surface area contributed by atoms with Gasteiger partial charge in [-0.05, 0) is 23.1 Å². The monoisotopic (exact) mass is 226 g/mol. The van der Waals surface area contributed by atoms with E-state index in [0.29, 0.717) is 0 Å². The van der Waals surface area contributed by atoms with Gasteiger partial charge >= 0.3 is 5.97 Å². The second-order valence-corrected chi connectivity index (χ2v) is 4.58. The third-order valence-corrected chi connectivity index (χ3v) is 2.15. The lowest BCUT2D eigenvalue weighted by Gasteiger charge is -2.19. The fraction of sp³-hybridized carbons (Fsp3) is 0.417. The molecule has 0 aliphatic heterocycles. The van der Waals surface area contributed by atoms with Crippen LogP contribution in [0.5, 0.6) is 5.75 Å². The molecule has 0 atom stereocenters. The molecule has 0 saturated heterocycles. The molecule has 0 heterocycles. The summed E-state index contributed by atoms with van der Waals surface area (Å²) in [6, 6.07) is 4.50. The van der Waals surface area contributed by atoms with Crippen LogP contribution in [0.4, 0.5) is 4.39 Å². The van der Waals surface area contributed by atoms with E-state index in [1.165, 1.54) is 12.1 Å². The largest absolute Gasteiger partial charge is 0.479 e. The molecule has 1 N–H and O–H groups in total. The molecule has 0 aliphatic carbocycles. The molecule has 0 bridgehead atoms. The van der Waals surface area contributed by atoms with Crippen molar-refractivity contribution in [2.45, 2.75) is 26.2 Å². The van der Waals surface area contributed by atoms with Crippen LogP contribution >= 0.6 is 0 Å². The number of halogens is 1. The number of carboxylic acids is 1. The number of ether oxygens (including phenoxy) is 1. The van der Waals surface area contributed by atoms with Gasteiger partial charge in [-0.25, -0.2) is 9.18 Å². The van der Waals surface area contributed by atoms with Crippen molar-refractivity contribution in [1.29, 1.82) is 0 Å². The van der Waals surface area contributed by atoms with Crippen LogP contribution in [0.15, 0.2) is 18.2 Å². The highest BCUT2D eigenvalue weighted by Crippen LogP contribution is 2.27. The first-order valence-electron chi connectivity index (χ1n) is 4.95. The van der Waals surface area contributed by atoms with Gasteiger partial charge in [0, 0.05) is 0 Å². The highest BCUT2D eigenvalue weighted by atomic mass is 19.1. The molecule has 16 heavy (non-hydrogen) atoms. The Hall–Kier alpha value is -1.58. The zero-order valence-electron chi connectivity index (χ0n) is 9.58. The second-order valence-electron chi connectivity index (χ2n) is 4.58. The van der Waals surface area contributed by atoms with Crippen molar-refractivity contribution in [3.63, 3.8) is 0 Å². The minimum Gasteiger partial charge on any atom is -0.479 e. The van der Waals surface area contributed by atoms with Gasteiger partial charge in [0.05, 0.1) is 0 Å². The number of hydrogen-bond donors (Lipinski definition) is 1. The van der Waals surface area contributed by atoms with Crippen LogP contribution in [0.25, 0.3) is 0 Å². The maximum atomic E-state index is 13.3. The Morgan fingerprint density at radius 2 is 2.06 bits per heavy atom. The van der Waals surface area contributed by atoms with Gasteiger partial charge in [-0.15, -0.1) is 0 Å². The first-order valence-corrected chi connectivity index (χ1v) is 4.95. The standard InChI is InChI=1S/C12H15FO3/c1-12(2,3)8-4-5-9(13)10(6-8)16-7-11(14)15/h4-6H,7H2,1-3H3,(H,14,15). The number of aliphatic carboxylic acids is 1. The maximum Gasteiger partial charge on any atom is 0.341 e. The van der Waals surface area contributed by atoms with Crippen LogP contribution in [0.2, 0.25) is 0 Å². The summed E-state index contributed by atoms with van der Waals surface area (Å²) < 4.78 is 18.1. The Labute approximate surface area is 93.9 Å². The molecule has 1 aromatic carbocycles. The summed E-state index contributed by atoms with van der Waals surface area (Å²) in [7, 11) is 0. The molecular formula is C12H15FO3. The zero-order chi connectivity index (χ0) is 12.3. The smallest absolute Gasteiger partial charge is 0.341 e. The lowest BCUT2D eigenvalue weighted by atomic mass is 9.87. The molecule has 4 heteroatoms. The zero-order valence-corrected chi connectivity index (χ0v) is 9.58. The van der Waals surface area contributed by atoms with Crippen molar-refractivity contribution in [2.24, 2.45) is 0 Å². The fourth-order valence-corrected chi connectivity index (χ4v) is 1.22. The van der Waals surface area contributed by atoms with Crippen molar-refractivity contribution in [3.8, 4) is 5.75 Å². The molecule has 1 aromatic rings. The van der Waals surface area contributed by atoms with E-state index in [2.05, 4.69) is 0 Å². The Bertz CT molecular complexity index is 394. The topological polar surface area (TPSA) is 46.5 Å². The minimum absolute atomic E-state index is 0.0187. The fourth-order valence-electron chi connectivity index (χ4n) is 1.22. The van der Waals surface area contributed by atoms with E-state index in [4.69, 9.17) is 9.84 Å². The van der Waals surface area contributed by atoms with Crippen molar-refractivity contribution >= 4 is 5.97 Å². The van der Waals surface area contributed by atoms with Gasteiger partial charge in [0.15, 0.2) is 18.2 Å². The molecular weight excluding hydrogens is 211 g/mol. The van der Waals surface area contributed by atoms with Crippen molar-refractivity contribution < 1.29 is 19.0 Å². The van der Waals surface area contributed by atoms with Gasteiger partial charge in [-0.3, -0.25) is 0 Å². The molecule has 0 spiro atoms. The van der Waals surface area contributed by atoms with Gasteiger partial charge in [0.1, 0.15) is 0 Å². The van der Waals surface area contributed by atoms with Crippen molar-refractivity contribution in [1.82, 2.24) is 0 Å². The molecule has 1 rings (SSSR count). The van der Waals surface area contributed by atoms with E-state index < -0.39 is 18.4 Å². The molecule has 0 radical (unpaired) electrons. The van der Waals surface area contributed by atoms with E-state index in [1.54, 1.807) is 6.07 Å². The number of carboxylic acid groups (broad SMARTS) is 1. The Morgan fingerprint density at radius 3 is 2.56 bits per heavy atom. The molecule has 0 unspecified atom stereocenters. The van der Waals surface area contributed by atoms with Crippen LogP contribution < -0.4 is 4.74 Å². The molecule has 0 aromatic heterocycles. The highest BCUT2D eigenvalue weighted by Gasteiger charge is 2.16. The van der Waals surface area contributed by atoms with Crippen LogP contribution in [0, 0.1) is 5.82 Å². The molecule has 0 aliphatic rings. The van der Waals surface area contributed by atoms with Crippen LogP contribution in [0.1, 0.15) is 26.3 Å². The molecule has 3 nitrogen and oxygen atoms in total. The summed E-state index contributed by atoms with van der Waals surface area (Å²) in [5, 5.41) is 8.45. The summed E-state index contributed by atoms with van der Waals surface area (Å²) in [5.74, 6) is -1.69. The summed E-state index contributed by atoms with van der Waals surface area (Å²) in [5.41, 5.74) is 0.768. The Kier molecular flexibility index (Phi) is 3.52. The maximum absolute atomic E-state index is 13.3. The van der Waals surface area contributed by atoms with E-state index >= 15 is 0 Å². The predicted molar refractivity (Wildman–Crippen MR) is 58.2 cm³/mol. The molecule has 0 fully saturated rings. The lowest BCUT2D eigenvalue weighted by Crippen LogP contribution is -2.13. The summed E-state index contributed by atoms with van der Waals surface area (Å²) in [6.07, 6.45) is 0.